The first-order chi connectivity index (χ1) is 12.0. The maximum Gasteiger partial charge on any atom is 0.222 e. The Morgan fingerprint density at radius 1 is 1.40 bits per heavy atom. The highest BCUT2D eigenvalue weighted by Gasteiger charge is 2.25. The second-order valence-corrected chi connectivity index (χ2v) is 6.57. The number of aliphatic imine (C=N–C) groups is 1. The van der Waals surface area contributed by atoms with E-state index in [0.717, 1.165) is 32.0 Å². The number of nitrogens with one attached hydrogen (secondary N) is 2. The Kier molecular flexibility index (Phi) is 7.10. The average Bonchev–Trinajstić information content (AvgIpc) is 3.12. The predicted octanol–water partition coefficient (Wildman–Crippen LogP) is 1.69. The van der Waals surface area contributed by atoms with E-state index in [9.17, 15) is 4.79 Å². The van der Waals surface area contributed by atoms with Gasteiger partial charge in [0.15, 0.2) is 5.96 Å². The number of rotatable bonds is 6. The van der Waals surface area contributed by atoms with Gasteiger partial charge in [-0.25, -0.2) is 0 Å². The Morgan fingerprint density at radius 2 is 2.12 bits per heavy atom. The van der Waals surface area contributed by atoms with Crippen LogP contribution in [0.25, 0.3) is 0 Å². The molecular formula is C19H31N5O. The van der Waals surface area contributed by atoms with Gasteiger partial charge in [-0.1, -0.05) is 25.1 Å². The Morgan fingerprint density at radius 3 is 2.76 bits per heavy atom. The number of benzene rings is 1. The maximum absolute atomic E-state index is 11.8. The molecule has 0 aromatic heterocycles. The number of carbonyl (C=O) groups excluding carboxylic acids is 1. The predicted molar refractivity (Wildman–Crippen MR) is 104 cm³/mol. The summed E-state index contributed by atoms with van der Waals surface area (Å²) in [6.07, 6.45) is 1.54. The van der Waals surface area contributed by atoms with E-state index >= 15 is 0 Å². The van der Waals surface area contributed by atoms with Crippen LogP contribution in [0.4, 0.5) is 5.69 Å². The van der Waals surface area contributed by atoms with Crippen LogP contribution in [0, 0.1) is 0 Å². The minimum absolute atomic E-state index is 0.227. The molecule has 1 aliphatic rings. The number of nitrogens with zero attached hydrogens (tertiary/aromatic N) is 3. The summed E-state index contributed by atoms with van der Waals surface area (Å²) < 4.78 is 0. The van der Waals surface area contributed by atoms with Crippen LogP contribution in [0.15, 0.2) is 35.3 Å². The van der Waals surface area contributed by atoms with Gasteiger partial charge in [0.1, 0.15) is 0 Å². The first-order valence-electron chi connectivity index (χ1n) is 9.08. The van der Waals surface area contributed by atoms with Crippen LogP contribution in [-0.4, -0.2) is 62.6 Å². The Hall–Kier alpha value is -2.24. The van der Waals surface area contributed by atoms with Gasteiger partial charge in [-0.3, -0.25) is 9.79 Å². The standard InChI is InChI=1S/C19H31N5O/c1-5-18(25)24-12-11-16(14-24)22-19(20-3)21-13-15(2)23(4)17-9-7-6-8-10-17/h6-10,15-16H,5,11-14H2,1-4H3,(H2,20,21,22). The minimum Gasteiger partial charge on any atom is -0.370 e. The molecule has 1 saturated heterocycles. The molecule has 1 aliphatic heterocycles. The number of hydrogen-bond donors (Lipinski definition) is 2. The van der Waals surface area contributed by atoms with Crippen molar-refractivity contribution in [2.45, 2.75) is 38.8 Å². The normalized spacial score (nSPS) is 18.8. The molecule has 0 bridgehead atoms. The number of likely N-dealkylation sites (tertiary alicyclic amines) is 1. The van der Waals surface area contributed by atoms with E-state index in [2.05, 4.69) is 58.8 Å². The van der Waals surface area contributed by atoms with Crippen molar-refractivity contribution in [3.05, 3.63) is 30.3 Å². The van der Waals surface area contributed by atoms with Crippen molar-refractivity contribution in [3.8, 4) is 0 Å². The van der Waals surface area contributed by atoms with Gasteiger partial charge in [0, 0.05) is 57.9 Å². The number of anilines is 1. The van der Waals surface area contributed by atoms with Crippen molar-refractivity contribution >= 4 is 17.6 Å². The van der Waals surface area contributed by atoms with Crippen LogP contribution in [0.1, 0.15) is 26.7 Å². The zero-order valence-electron chi connectivity index (χ0n) is 15.8. The van der Waals surface area contributed by atoms with Gasteiger partial charge in [-0.05, 0) is 25.5 Å². The van der Waals surface area contributed by atoms with E-state index in [-0.39, 0.29) is 11.9 Å². The van der Waals surface area contributed by atoms with Crippen LogP contribution in [0.2, 0.25) is 0 Å². The summed E-state index contributed by atoms with van der Waals surface area (Å²) in [6.45, 7) is 6.47. The summed E-state index contributed by atoms with van der Waals surface area (Å²) in [4.78, 5) is 20.3. The van der Waals surface area contributed by atoms with Gasteiger partial charge in [-0.15, -0.1) is 0 Å². The largest absolute Gasteiger partial charge is 0.370 e. The van der Waals surface area contributed by atoms with E-state index in [1.54, 1.807) is 7.05 Å². The molecule has 1 aromatic rings. The molecule has 0 aliphatic carbocycles. The molecule has 6 nitrogen and oxygen atoms in total. The van der Waals surface area contributed by atoms with Crippen molar-refractivity contribution in [3.63, 3.8) is 0 Å². The quantitative estimate of drug-likeness (QED) is 0.608. The molecule has 1 heterocycles. The average molecular weight is 345 g/mol. The first kappa shape index (κ1) is 19.1. The molecule has 25 heavy (non-hydrogen) atoms. The van der Waals surface area contributed by atoms with E-state index < -0.39 is 0 Å². The molecule has 2 rings (SSSR count). The highest BCUT2D eigenvalue weighted by molar-refractivity contribution is 5.80. The molecule has 138 valence electrons. The lowest BCUT2D eigenvalue weighted by molar-refractivity contribution is -0.129. The zero-order valence-corrected chi connectivity index (χ0v) is 15.8. The second kappa shape index (κ2) is 9.30. The molecule has 0 saturated carbocycles. The molecule has 2 N–H and O–H groups in total. The summed E-state index contributed by atoms with van der Waals surface area (Å²) in [5, 5.41) is 6.83. The molecule has 1 fully saturated rings. The topological polar surface area (TPSA) is 60.0 Å². The molecule has 2 unspecified atom stereocenters. The Labute approximate surface area is 151 Å². The van der Waals surface area contributed by atoms with Crippen LogP contribution in [-0.2, 0) is 4.79 Å². The van der Waals surface area contributed by atoms with Gasteiger partial charge in [-0.2, -0.15) is 0 Å². The van der Waals surface area contributed by atoms with Gasteiger partial charge in [0.05, 0.1) is 0 Å². The molecule has 2 atom stereocenters. The Balaban J connectivity index is 1.80. The number of hydrogen-bond acceptors (Lipinski definition) is 3. The van der Waals surface area contributed by atoms with Gasteiger partial charge in [0.25, 0.3) is 0 Å². The van der Waals surface area contributed by atoms with E-state index in [4.69, 9.17) is 0 Å². The third-order valence-electron chi connectivity index (χ3n) is 4.80. The van der Waals surface area contributed by atoms with Crippen LogP contribution in [0.3, 0.4) is 0 Å². The maximum atomic E-state index is 11.8. The summed E-state index contributed by atoms with van der Waals surface area (Å²) in [6, 6.07) is 10.9. The molecule has 1 amide bonds. The lowest BCUT2D eigenvalue weighted by Crippen LogP contribution is -2.48. The SMILES string of the molecule is CCC(=O)N1CCC(NC(=NC)NCC(C)N(C)c2ccccc2)C1. The molecule has 6 heteroatoms. The molecule has 1 aromatic carbocycles. The number of likely N-dealkylation sites (N-methyl/N-ethyl adjacent to an activating group) is 1. The van der Waals surface area contributed by atoms with Crippen molar-refractivity contribution < 1.29 is 4.79 Å². The fraction of sp³-hybridized carbons (Fsp3) is 0.579. The van der Waals surface area contributed by atoms with E-state index in [1.165, 1.54) is 5.69 Å². The highest BCUT2D eigenvalue weighted by Crippen LogP contribution is 2.13. The van der Waals surface area contributed by atoms with Crippen LogP contribution < -0.4 is 15.5 Å². The minimum atomic E-state index is 0.227. The first-order valence-corrected chi connectivity index (χ1v) is 9.08. The van der Waals surface area contributed by atoms with Gasteiger partial charge >= 0.3 is 0 Å². The fourth-order valence-electron chi connectivity index (χ4n) is 3.02. The molecule has 0 radical (unpaired) electrons. The van der Waals surface area contributed by atoms with Gasteiger partial charge < -0.3 is 20.4 Å². The number of carbonyl (C=O) groups is 1. The second-order valence-electron chi connectivity index (χ2n) is 6.57. The van der Waals surface area contributed by atoms with Crippen LogP contribution in [0.5, 0.6) is 0 Å². The third kappa shape index (κ3) is 5.37. The van der Waals surface area contributed by atoms with Crippen molar-refractivity contribution in [1.82, 2.24) is 15.5 Å². The number of guanidine groups is 1. The molecular weight excluding hydrogens is 314 g/mol. The van der Waals surface area contributed by atoms with Crippen LogP contribution >= 0.6 is 0 Å². The van der Waals surface area contributed by atoms with Gasteiger partial charge in [0.2, 0.25) is 5.91 Å². The zero-order chi connectivity index (χ0) is 18.2. The van der Waals surface area contributed by atoms with E-state index in [1.807, 2.05) is 17.9 Å². The van der Waals surface area contributed by atoms with E-state index in [0.29, 0.717) is 12.5 Å². The number of amides is 1. The summed E-state index contributed by atoms with van der Waals surface area (Å²) >= 11 is 0. The lowest BCUT2D eigenvalue weighted by Gasteiger charge is -2.28. The summed E-state index contributed by atoms with van der Waals surface area (Å²) in [5.74, 6) is 1.02. The molecule has 0 spiro atoms. The lowest BCUT2D eigenvalue weighted by atomic mass is 10.2. The number of para-hydroxylation sites is 1. The van der Waals surface area contributed by atoms with Crippen molar-refractivity contribution in [1.29, 1.82) is 0 Å². The summed E-state index contributed by atoms with van der Waals surface area (Å²) in [7, 11) is 3.88. The third-order valence-corrected chi connectivity index (χ3v) is 4.80. The monoisotopic (exact) mass is 345 g/mol. The van der Waals surface area contributed by atoms with Crippen molar-refractivity contribution in [2.75, 3.05) is 38.6 Å². The highest BCUT2D eigenvalue weighted by atomic mass is 16.2. The smallest absolute Gasteiger partial charge is 0.222 e. The van der Waals surface area contributed by atoms with Crippen molar-refractivity contribution in [2.24, 2.45) is 4.99 Å². The Bertz CT molecular complexity index is 574. The summed E-state index contributed by atoms with van der Waals surface area (Å²) in [5.41, 5.74) is 1.20. The fourth-order valence-corrected chi connectivity index (χ4v) is 3.02.